The van der Waals surface area contributed by atoms with E-state index < -0.39 is 32.5 Å². The molecule has 0 aliphatic carbocycles. The van der Waals surface area contributed by atoms with Gasteiger partial charge in [0.2, 0.25) is 0 Å². The SMILES string of the molecule is CC/C=C\C/C=C\C/C=C\C/C=C\C/C=C\CCCCCC(=O)OC[C@H](COP(=O)(O)O)OC(=O)CCCCCCC/C=C\C/C=C\CCCCC. The van der Waals surface area contributed by atoms with Crippen LogP contribution < -0.4 is 0 Å². The summed E-state index contributed by atoms with van der Waals surface area (Å²) in [6.45, 7) is 3.49. The monoisotopic (exact) mass is 746 g/mol. The van der Waals surface area contributed by atoms with Gasteiger partial charge in [-0.25, -0.2) is 4.57 Å². The molecule has 0 aliphatic heterocycles. The summed E-state index contributed by atoms with van der Waals surface area (Å²) in [5, 5.41) is 0. The van der Waals surface area contributed by atoms with Gasteiger partial charge in [0.15, 0.2) is 6.10 Å². The molecule has 0 fully saturated rings. The largest absolute Gasteiger partial charge is 0.469 e. The molecule has 1 atom stereocenters. The summed E-state index contributed by atoms with van der Waals surface area (Å²) >= 11 is 0. The number of allylic oxidation sites excluding steroid dienone is 14. The highest BCUT2D eigenvalue weighted by Gasteiger charge is 2.22. The Bertz CT molecular complexity index is 1110. The summed E-state index contributed by atoms with van der Waals surface area (Å²) in [7, 11) is -4.77. The van der Waals surface area contributed by atoms with Crippen LogP contribution in [0.3, 0.4) is 0 Å². The van der Waals surface area contributed by atoms with Gasteiger partial charge in [0.05, 0.1) is 6.61 Å². The molecule has 296 valence electrons. The van der Waals surface area contributed by atoms with Gasteiger partial charge in [-0.1, -0.05) is 137 Å². The molecule has 0 unspecified atom stereocenters. The van der Waals surface area contributed by atoms with Crippen molar-refractivity contribution in [3.63, 3.8) is 0 Å². The van der Waals surface area contributed by atoms with E-state index in [0.717, 1.165) is 89.9 Å². The van der Waals surface area contributed by atoms with E-state index in [1.165, 1.54) is 25.7 Å². The minimum Gasteiger partial charge on any atom is -0.462 e. The molecule has 0 aliphatic rings. The lowest BCUT2D eigenvalue weighted by molar-refractivity contribution is -0.161. The highest BCUT2D eigenvalue weighted by molar-refractivity contribution is 7.46. The van der Waals surface area contributed by atoms with Gasteiger partial charge in [0.1, 0.15) is 6.61 Å². The van der Waals surface area contributed by atoms with Crippen molar-refractivity contribution in [3.05, 3.63) is 85.1 Å². The van der Waals surface area contributed by atoms with E-state index >= 15 is 0 Å². The quantitative estimate of drug-likeness (QED) is 0.0285. The zero-order valence-corrected chi connectivity index (χ0v) is 33.3. The molecule has 0 amide bonds. The van der Waals surface area contributed by atoms with Gasteiger partial charge in [-0.15, -0.1) is 0 Å². The van der Waals surface area contributed by atoms with Crippen LogP contribution in [0.5, 0.6) is 0 Å². The first-order valence-electron chi connectivity index (χ1n) is 19.9. The second kappa shape index (κ2) is 38.0. The van der Waals surface area contributed by atoms with Crippen LogP contribution in [-0.2, 0) is 28.2 Å². The highest BCUT2D eigenvalue weighted by atomic mass is 31.2. The summed E-state index contributed by atoms with van der Waals surface area (Å²) < 4.78 is 26.3. The third-order valence-electron chi connectivity index (χ3n) is 7.90. The molecule has 8 nitrogen and oxygen atoms in total. The molecule has 2 N–H and O–H groups in total. The Morgan fingerprint density at radius 3 is 1.40 bits per heavy atom. The maximum atomic E-state index is 12.4. The predicted octanol–water partition coefficient (Wildman–Crippen LogP) is 12.1. The number of rotatable bonds is 35. The summed E-state index contributed by atoms with van der Waals surface area (Å²) in [6.07, 6.45) is 50.1. The van der Waals surface area contributed by atoms with Crippen molar-refractivity contribution >= 4 is 19.8 Å². The Kier molecular flexibility index (Phi) is 35.9. The molecule has 0 bridgehead atoms. The Labute approximate surface area is 316 Å². The van der Waals surface area contributed by atoms with Crippen LogP contribution in [0.4, 0.5) is 0 Å². The standard InChI is InChI=1S/C43H71O8P/c1-3-5-7-9-11-13-15-17-19-20-21-22-24-25-27-29-31-33-35-37-42(44)49-39-41(40-50-52(46,47)48)51-43(45)38-36-34-32-30-28-26-23-18-16-14-12-10-8-6-4-2/h5,7,11-14,17-19,21-23,25,27,41H,3-4,6,8-10,15-16,20,24,26,28-40H2,1-2H3,(H2,46,47,48)/b7-5-,13-11-,14-12-,19-17-,22-21-,23-18-,27-25-/t41-/m1/s1. The fourth-order valence-electron chi connectivity index (χ4n) is 4.96. The highest BCUT2D eigenvalue weighted by Crippen LogP contribution is 2.36. The molecule has 0 aromatic carbocycles. The first kappa shape index (κ1) is 49.2. The van der Waals surface area contributed by atoms with Gasteiger partial charge in [-0.3, -0.25) is 14.1 Å². The van der Waals surface area contributed by atoms with Crippen molar-refractivity contribution in [1.82, 2.24) is 0 Å². The second-order valence-corrected chi connectivity index (χ2v) is 14.1. The van der Waals surface area contributed by atoms with Crippen molar-refractivity contribution in [2.45, 2.75) is 161 Å². The van der Waals surface area contributed by atoms with Gasteiger partial charge in [0, 0.05) is 12.8 Å². The third kappa shape index (κ3) is 40.0. The maximum absolute atomic E-state index is 12.4. The average Bonchev–Trinajstić information content (AvgIpc) is 3.11. The van der Waals surface area contributed by atoms with Crippen molar-refractivity contribution in [1.29, 1.82) is 0 Å². The molecule has 0 aromatic heterocycles. The molecular weight excluding hydrogens is 675 g/mol. The van der Waals surface area contributed by atoms with Crippen LogP contribution in [0.1, 0.15) is 155 Å². The van der Waals surface area contributed by atoms with Gasteiger partial charge in [0.25, 0.3) is 0 Å². The topological polar surface area (TPSA) is 119 Å². The summed E-state index contributed by atoms with van der Waals surface area (Å²) in [5.74, 6) is -0.947. The van der Waals surface area contributed by atoms with Crippen LogP contribution in [0, 0.1) is 0 Å². The Morgan fingerprint density at radius 1 is 0.519 bits per heavy atom. The molecule has 9 heteroatoms. The van der Waals surface area contributed by atoms with Gasteiger partial charge >= 0.3 is 19.8 Å². The van der Waals surface area contributed by atoms with E-state index in [2.05, 4.69) is 103 Å². The zero-order valence-electron chi connectivity index (χ0n) is 32.4. The van der Waals surface area contributed by atoms with Crippen LogP contribution in [-0.4, -0.2) is 41.0 Å². The number of carbonyl (C=O) groups is 2. The molecule has 0 rings (SSSR count). The molecule has 0 aromatic rings. The van der Waals surface area contributed by atoms with Gasteiger partial charge in [-0.2, -0.15) is 0 Å². The molecule has 0 spiro atoms. The first-order chi connectivity index (χ1) is 25.3. The summed E-state index contributed by atoms with van der Waals surface area (Å²) in [4.78, 5) is 42.8. The van der Waals surface area contributed by atoms with Crippen molar-refractivity contribution in [2.24, 2.45) is 0 Å². The van der Waals surface area contributed by atoms with Crippen LogP contribution in [0.2, 0.25) is 0 Å². The van der Waals surface area contributed by atoms with E-state index in [4.69, 9.17) is 19.3 Å². The minimum atomic E-state index is -4.77. The molecule has 52 heavy (non-hydrogen) atoms. The normalized spacial score (nSPS) is 13.4. The maximum Gasteiger partial charge on any atom is 0.469 e. The van der Waals surface area contributed by atoms with Crippen LogP contribution in [0.15, 0.2) is 85.1 Å². The van der Waals surface area contributed by atoms with Gasteiger partial charge < -0.3 is 19.3 Å². The van der Waals surface area contributed by atoms with Crippen molar-refractivity contribution < 1.29 is 37.9 Å². The number of esters is 2. The van der Waals surface area contributed by atoms with Crippen LogP contribution in [0.25, 0.3) is 0 Å². The second-order valence-electron chi connectivity index (χ2n) is 12.9. The van der Waals surface area contributed by atoms with Crippen molar-refractivity contribution in [3.8, 4) is 0 Å². The Balaban J connectivity index is 4.06. The number of ether oxygens (including phenoxy) is 2. The Morgan fingerprint density at radius 2 is 0.923 bits per heavy atom. The molecule has 0 saturated heterocycles. The predicted molar refractivity (Wildman–Crippen MR) is 216 cm³/mol. The number of hydrogen-bond acceptors (Lipinski definition) is 6. The molecule has 0 saturated carbocycles. The molecule has 0 heterocycles. The van der Waals surface area contributed by atoms with Crippen LogP contribution >= 0.6 is 7.82 Å². The zero-order chi connectivity index (χ0) is 38.2. The van der Waals surface area contributed by atoms with E-state index in [-0.39, 0.29) is 19.4 Å². The lowest BCUT2D eigenvalue weighted by Gasteiger charge is -2.18. The summed E-state index contributed by atoms with van der Waals surface area (Å²) in [5.41, 5.74) is 0. The minimum absolute atomic E-state index is 0.183. The van der Waals surface area contributed by atoms with E-state index in [1.54, 1.807) is 0 Å². The lowest BCUT2D eigenvalue weighted by atomic mass is 10.1. The fraction of sp³-hybridized carbons (Fsp3) is 0.628. The number of phosphoric acid groups is 1. The third-order valence-corrected chi connectivity index (χ3v) is 8.38. The molecule has 0 radical (unpaired) electrons. The summed E-state index contributed by atoms with van der Waals surface area (Å²) in [6, 6.07) is 0. The van der Waals surface area contributed by atoms with E-state index in [1.807, 2.05) is 0 Å². The smallest absolute Gasteiger partial charge is 0.462 e. The van der Waals surface area contributed by atoms with Gasteiger partial charge in [-0.05, 0) is 89.9 Å². The van der Waals surface area contributed by atoms with E-state index in [9.17, 15) is 14.2 Å². The average molecular weight is 747 g/mol. The number of phosphoric ester groups is 1. The number of unbranched alkanes of at least 4 members (excludes halogenated alkanes) is 11. The molecular formula is C43H71O8P. The first-order valence-corrected chi connectivity index (χ1v) is 21.4. The van der Waals surface area contributed by atoms with Crippen molar-refractivity contribution in [2.75, 3.05) is 13.2 Å². The number of hydrogen-bond donors (Lipinski definition) is 2. The Hall–Kier alpha value is -2.77. The lowest BCUT2D eigenvalue weighted by Crippen LogP contribution is -2.29. The van der Waals surface area contributed by atoms with E-state index in [0.29, 0.717) is 12.8 Å². The fourth-order valence-corrected chi connectivity index (χ4v) is 5.32. The number of carbonyl (C=O) groups excluding carboxylic acids is 2.